The van der Waals surface area contributed by atoms with E-state index in [4.69, 9.17) is 0 Å². The maximum absolute atomic E-state index is 12.4. The van der Waals surface area contributed by atoms with Gasteiger partial charge in [-0.15, -0.1) is 0 Å². The van der Waals surface area contributed by atoms with Crippen LogP contribution in [0.3, 0.4) is 0 Å². The normalized spacial score (nSPS) is 18.7. The van der Waals surface area contributed by atoms with E-state index < -0.39 is 16.1 Å². The molecular weight excluding hydrogens is 324 g/mol. The molecule has 0 aliphatic carbocycles. The standard InChI is InChI=1S/C18H28N2O3S/c1-4-13-24(22,23)20-12-6-9-17(20)18(21)19-11-10-16-14(2)7-5-8-15(16)3/h5,7-8,17H,4,6,9-13H2,1-3H3,(H,19,21). The number of benzene rings is 1. The molecule has 1 aromatic rings. The molecule has 0 spiro atoms. The third kappa shape index (κ3) is 4.36. The molecular formula is C18H28N2O3S. The zero-order valence-corrected chi connectivity index (χ0v) is 15.7. The molecule has 0 bridgehead atoms. The van der Waals surface area contributed by atoms with Crippen molar-refractivity contribution in [3.8, 4) is 0 Å². The topological polar surface area (TPSA) is 66.5 Å². The number of sulfonamides is 1. The summed E-state index contributed by atoms with van der Waals surface area (Å²) in [6, 6.07) is 5.63. The Balaban J connectivity index is 1.95. The predicted molar refractivity (Wildman–Crippen MR) is 96.4 cm³/mol. The molecule has 1 aromatic carbocycles. The number of hydrogen-bond donors (Lipinski definition) is 1. The summed E-state index contributed by atoms with van der Waals surface area (Å²) in [5.74, 6) is -0.0578. The predicted octanol–water partition coefficient (Wildman–Crippen LogP) is 2.17. The van der Waals surface area contributed by atoms with Gasteiger partial charge < -0.3 is 5.32 Å². The highest BCUT2D eigenvalue weighted by molar-refractivity contribution is 7.89. The molecule has 1 heterocycles. The van der Waals surface area contributed by atoms with Crippen LogP contribution in [0, 0.1) is 13.8 Å². The molecule has 1 atom stereocenters. The fourth-order valence-electron chi connectivity index (χ4n) is 3.38. The van der Waals surface area contributed by atoms with Gasteiger partial charge in [-0.1, -0.05) is 25.1 Å². The molecule has 24 heavy (non-hydrogen) atoms. The van der Waals surface area contributed by atoms with Crippen LogP contribution in [0.2, 0.25) is 0 Å². The lowest BCUT2D eigenvalue weighted by Gasteiger charge is -2.23. The molecule has 0 radical (unpaired) electrons. The van der Waals surface area contributed by atoms with Gasteiger partial charge in [0.05, 0.1) is 5.75 Å². The van der Waals surface area contributed by atoms with Crippen LogP contribution in [0.4, 0.5) is 0 Å². The summed E-state index contributed by atoms with van der Waals surface area (Å²) in [6.45, 7) is 6.97. The Bertz CT molecular complexity index is 665. The number of aryl methyl sites for hydroxylation is 2. The Morgan fingerprint density at radius 2 is 1.96 bits per heavy atom. The molecule has 0 aromatic heterocycles. The van der Waals surface area contributed by atoms with Gasteiger partial charge in [-0.3, -0.25) is 4.79 Å². The molecule has 1 fully saturated rings. The first-order valence-corrected chi connectivity index (χ1v) is 10.3. The van der Waals surface area contributed by atoms with E-state index in [0.29, 0.717) is 25.9 Å². The zero-order valence-electron chi connectivity index (χ0n) is 14.8. The summed E-state index contributed by atoms with van der Waals surface area (Å²) in [6.07, 6.45) is 2.69. The lowest BCUT2D eigenvalue weighted by atomic mass is 10.0. The molecule has 1 saturated heterocycles. The van der Waals surface area contributed by atoms with E-state index in [-0.39, 0.29) is 11.7 Å². The summed E-state index contributed by atoms with van der Waals surface area (Å²) in [5, 5.41) is 2.93. The fourth-order valence-corrected chi connectivity index (χ4v) is 5.13. The van der Waals surface area contributed by atoms with Crippen LogP contribution in [0.1, 0.15) is 42.9 Å². The van der Waals surface area contributed by atoms with Crippen LogP contribution in [0.15, 0.2) is 18.2 Å². The van der Waals surface area contributed by atoms with Crippen molar-refractivity contribution in [3.63, 3.8) is 0 Å². The van der Waals surface area contributed by atoms with Crippen molar-refractivity contribution in [1.29, 1.82) is 0 Å². The minimum atomic E-state index is -3.32. The summed E-state index contributed by atoms with van der Waals surface area (Å²) in [5.41, 5.74) is 3.69. The van der Waals surface area contributed by atoms with Crippen molar-refractivity contribution in [2.24, 2.45) is 0 Å². The van der Waals surface area contributed by atoms with Gasteiger partial charge in [0.1, 0.15) is 6.04 Å². The van der Waals surface area contributed by atoms with Crippen LogP contribution in [0.5, 0.6) is 0 Å². The SMILES string of the molecule is CCCS(=O)(=O)N1CCCC1C(=O)NCCc1c(C)cccc1C. The minimum absolute atomic E-state index is 0.110. The Labute approximate surface area is 145 Å². The monoisotopic (exact) mass is 352 g/mol. The lowest BCUT2D eigenvalue weighted by Crippen LogP contribution is -2.47. The van der Waals surface area contributed by atoms with Crippen LogP contribution in [0.25, 0.3) is 0 Å². The van der Waals surface area contributed by atoms with Crippen molar-refractivity contribution < 1.29 is 13.2 Å². The average molecular weight is 353 g/mol. The van der Waals surface area contributed by atoms with Gasteiger partial charge in [-0.05, 0) is 56.2 Å². The molecule has 1 unspecified atom stereocenters. The maximum atomic E-state index is 12.4. The molecule has 1 aliphatic heterocycles. The number of nitrogens with zero attached hydrogens (tertiary/aromatic N) is 1. The number of nitrogens with one attached hydrogen (secondary N) is 1. The van der Waals surface area contributed by atoms with Crippen molar-refractivity contribution in [3.05, 3.63) is 34.9 Å². The van der Waals surface area contributed by atoms with E-state index in [2.05, 4.69) is 31.3 Å². The minimum Gasteiger partial charge on any atom is -0.354 e. The average Bonchev–Trinajstić information content (AvgIpc) is 3.00. The van der Waals surface area contributed by atoms with Gasteiger partial charge in [0.15, 0.2) is 0 Å². The Morgan fingerprint density at radius 3 is 2.58 bits per heavy atom. The second kappa shape index (κ2) is 8.12. The highest BCUT2D eigenvalue weighted by atomic mass is 32.2. The van der Waals surface area contributed by atoms with Crippen molar-refractivity contribution in [2.45, 2.75) is 52.5 Å². The van der Waals surface area contributed by atoms with Gasteiger partial charge in [0.25, 0.3) is 0 Å². The van der Waals surface area contributed by atoms with Gasteiger partial charge in [0.2, 0.25) is 15.9 Å². The number of amides is 1. The van der Waals surface area contributed by atoms with E-state index in [1.54, 1.807) is 0 Å². The van der Waals surface area contributed by atoms with Gasteiger partial charge in [0, 0.05) is 13.1 Å². The van der Waals surface area contributed by atoms with Gasteiger partial charge in [-0.2, -0.15) is 4.31 Å². The summed E-state index contributed by atoms with van der Waals surface area (Å²) >= 11 is 0. The number of carbonyl (C=O) groups excluding carboxylic acids is 1. The second-order valence-corrected chi connectivity index (χ2v) is 8.54. The van der Waals surface area contributed by atoms with E-state index in [1.807, 2.05) is 13.0 Å². The summed E-state index contributed by atoms with van der Waals surface area (Å²) in [7, 11) is -3.32. The van der Waals surface area contributed by atoms with Gasteiger partial charge >= 0.3 is 0 Å². The van der Waals surface area contributed by atoms with Crippen LogP contribution >= 0.6 is 0 Å². The van der Waals surface area contributed by atoms with Crippen molar-refractivity contribution in [2.75, 3.05) is 18.8 Å². The molecule has 5 nitrogen and oxygen atoms in total. The Hall–Kier alpha value is -1.40. The second-order valence-electron chi connectivity index (χ2n) is 6.50. The fraction of sp³-hybridized carbons (Fsp3) is 0.611. The van der Waals surface area contributed by atoms with Crippen LogP contribution in [-0.2, 0) is 21.2 Å². The zero-order chi connectivity index (χ0) is 17.7. The van der Waals surface area contributed by atoms with Gasteiger partial charge in [-0.25, -0.2) is 8.42 Å². The van der Waals surface area contributed by atoms with E-state index in [1.165, 1.54) is 21.0 Å². The molecule has 1 aliphatic rings. The lowest BCUT2D eigenvalue weighted by molar-refractivity contribution is -0.124. The third-order valence-corrected chi connectivity index (χ3v) is 6.72. The third-order valence-electron chi connectivity index (χ3n) is 4.64. The molecule has 134 valence electrons. The van der Waals surface area contributed by atoms with Crippen molar-refractivity contribution in [1.82, 2.24) is 9.62 Å². The first-order chi connectivity index (χ1) is 11.4. The van der Waals surface area contributed by atoms with Crippen molar-refractivity contribution >= 4 is 15.9 Å². The largest absolute Gasteiger partial charge is 0.354 e. The number of carbonyl (C=O) groups is 1. The highest BCUT2D eigenvalue weighted by Gasteiger charge is 2.37. The smallest absolute Gasteiger partial charge is 0.238 e. The first-order valence-electron chi connectivity index (χ1n) is 8.69. The highest BCUT2D eigenvalue weighted by Crippen LogP contribution is 2.22. The van der Waals surface area contributed by atoms with Crippen LogP contribution in [-0.4, -0.2) is 43.5 Å². The number of rotatable bonds is 7. The molecule has 1 N–H and O–H groups in total. The van der Waals surface area contributed by atoms with Crippen LogP contribution < -0.4 is 5.32 Å². The molecule has 6 heteroatoms. The molecule has 1 amide bonds. The van der Waals surface area contributed by atoms with E-state index >= 15 is 0 Å². The summed E-state index contributed by atoms with van der Waals surface area (Å²) < 4.78 is 26.0. The number of hydrogen-bond acceptors (Lipinski definition) is 3. The van der Waals surface area contributed by atoms with E-state index in [9.17, 15) is 13.2 Å². The van der Waals surface area contributed by atoms with E-state index in [0.717, 1.165) is 12.8 Å². The Kier molecular flexibility index (Phi) is 6.40. The molecule has 2 rings (SSSR count). The maximum Gasteiger partial charge on any atom is 0.238 e. The Morgan fingerprint density at radius 1 is 1.29 bits per heavy atom. The summed E-state index contributed by atoms with van der Waals surface area (Å²) in [4.78, 5) is 12.4. The quantitative estimate of drug-likeness (QED) is 0.818. The molecule has 0 saturated carbocycles. The first kappa shape index (κ1) is 18.9.